The average Bonchev–Trinajstić information content (AvgIpc) is 2.94. The highest BCUT2D eigenvalue weighted by Crippen LogP contribution is 2.19. The number of anilines is 1. The third-order valence-corrected chi connectivity index (χ3v) is 3.37. The molecule has 0 bridgehead atoms. The highest BCUT2D eigenvalue weighted by Gasteiger charge is 2.19. The van der Waals surface area contributed by atoms with Gasteiger partial charge in [-0.25, -0.2) is 0 Å². The van der Waals surface area contributed by atoms with E-state index in [2.05, 4.69) is 10.5 Å². The van der Waals surface area contributed by atoms with E-state index in [1.807, 2.05) is 19.1 Å². The van der Waals surface area contributed by atoms with Crippen molar-refractivity contribution < 1.29 is 23.6 Å². The summed E-state index contributed by atoms with van der Waals surface area (Å²) in [7, 11) is 1.57. The van der Waals surface area contributed by atoms with Gasteiger partial charge in [0.15, 0.2) is 6.10 Å². The van der Waals surface area contributed by atoms with Crippen LogP contribution >= 0.6 is 0 Å². The van der Waals surface area contributed by atoms with Gasteiger partial charge in [0.1, 0.15) is 5.75 Å². The van der Waals surface area contributed by atoms with E-state index >= 15 is 0 Å². The lowest BCUT2D eigenvalue weighted by molar-refractivity contribution is -0.152. The molecule has 0 fully saturated rings. The van der Waals surface area contributed by atoms with Crippen molar-refractivity contribution in [2.24, 2.45) is 0 Å². The Bertz CT molecular complexity index is 738. The number of carbonyl (C=O) groups excluding carboxylic acids is 2. The maximum absolute atomic E-state index is 12.0. The summed E-state index contributed by atoms with van der Waals surface area (Å²) in [4.78, 5) is 23.9. The summed E-state index contributed by atoms with van der Waals surface area (Å²) in [6, 6.07) is 7.04. The zero-order valence-electron chi connectivity index (χ0n) is 14.1. The van der Waals surface area contributed by atoms with Crippen LogP contribution in [-0.4, -0.2) is 30.2 Å². The number of aryl methyl sites for hydroxylation is 2. The monoisotopic (exact) mass is 332 g/mol. The van der Waals surface area contributed by atoms with Gasteiger partial charge in [0.25, 0.3) is 5.91 Å². The molecule has 7 heteroatoms. The van der Waals surface area contributed by atoms with Crippen LogP contribution in [0.25, 0.3) is 0 Å². The third kappa shape index (κ3) is 4.58. The van der Waals surface area contributed by atoms with E-state index in [4.69, 9.17) is 14.0 Å². The molecular weight excluding hydrogens is 312 g/mol. The van der Waals surface area contributed by atoms with Crippen LogP contribution in [0.3, 0.4) is 0 Å². The van der Waals surface area contributed by atoms with Crippen LogP contribution < -0.4 is 10.1 Å². The van der Waals surface area contributed by atoms with Gasteiger partial charge in [-0.15, -0.1) is 0 Å². The van der Waals surface area contributed by atoms with Gasteiger partial charge in [-0.2, -0.15) is 0 Å². The van der Waals surface area contributed by atoms with Crippen LogP contribution in [0.15, 0.2) is 28.8 Å². The Morgan fingerprint density at radius 3 is 2.67 bits per heavy atom. The quantitative estimate of drug-likeness (QED) is 0.817. The first-order valence-electron chi connectivity index (χ1n) is 7.46. The van der Waals surface area contributed by atoms with Gasteiger partial charge >= 0.3 is 5.97 Å². The number of hydrogen-bond donors (Lipinski definition) is 1. The second-order valence-electron chi connectivity index (χ2n) is 5.43. The molecule has 7 nitrogen and oxygen atoms in total. The molecule has 24 heavy (non-hydrogen) atoms. The van der Waals surface area contributed by atoms with Crippen molar-refractivity contribution in [3.8, 4) is 5.75 Å². The number of amides is 1. The molecule has 1 heterocycles. The summed E-state index contributed by atoms with van der Waals surface area (Å²) in [5, 5.41) is 6.15. The van der Waals surface area contributed by atoms with Crippen LogP contribution in [0.5, 0.6) is 5.75 Å². The Hall–Kier alpha value is -2.83. The standard InChI is InChI=1S/C17H20N2O5/c1-10-5-6-13(8-14(10)22-4)9-16(20)23-12(3)17(21)18-15-7-11(2)19-24-15/h5-8,12H,9H2,1-4H3,(H,18,21)/t12-/m0/s1. The highest BCUT2D eigenvalue weighted by molar-refractivity contribution is 5.94. The number of hydrogen-bond acceptors (Lipinski definition) is 6. The highest BCUT2D eigenvalue weighted by atomic mass is 16.5. The van der Waals surface area contributed by atoms with Crippen LogP contribution in [0.2, 0.25) is 0 Å². The predicted octanol–water partition coefficient (Wildman–Crippen LogP) is 2.41. The molecule has 0 spiro atoms. The minimum atomic E-state index is -0.949. The minimum Gasteiger partial charge on any atom is -0.496 e. The molecule has 0 aliphatic heterocycles. The lowest BCUT2D eigenvalue weighted by atomic mass is 10.1. The lowest BCUT2D eigenvalue weighted by Crippen LogP contribution is -2.30. The molecule has 1 amide bonds. The van der Waals surface area contributed by atoms with Crippen LogP contribution in [-0.2, 0) is 20.7 Å². The molecule has 1 aromatic heterocycles. The van der Waals surface area contributed by atoms with E-state index in [1.165, 1.54) is 6.92 Å². The van der Waals surface area contributed by atoms with E-state index < -0.39 is 18.0 Å². The molecular formula is C17H20N2O5. The second kappa shape index (κ2) is 7.63. The van der Waals surface area contributed by atoms with Gasteiger partial charge < -0.3 is 14.0 Å². The van der Waals surface area contributed by atoms with Crippen molar-refractivity contribution in [2.45, 2.75) is 33.3 Å². The zero-order valence-corrected chi connectivity index (χ0v) is 14.1. The Kier molecular flexibility index (Phi) is 5.57. The molecule has 128 valence electrons. The number of nitrogens with one attached hydrogen (secondary N) is 1. The van der Waals surface area contributed by atoms with Gasteiger partial charge in [-0.3, -0.25) is 14.9 Å². The van der Waals surface area contributed by atoms with Crippen molar-refractivity contribution in [3.05, 3.63) is 41.1 Å². The van der Waals surface area contributed by atoms with Crippen molar-refractivity contribution in [2.75, 3.05) is 12.4 Å². The molecule has 0 radical (unpaired) electrons. The summed E-state index contributed by atoms with van der Waals surface area (Å²) in [6.45, 7) is 5.14. The third-order valence-electron chi connectivity index (χ3n) is 3.37. The fourth-order valence-electron chi connectivity index (χ4n) is 2.08. The molecule has 0 aliphatic carbocycles. The minimum absolute atomic E-state index is 0.0513. The Morgan fingerprint density at radius 1 is 1.29 bits per heavy atom. The molecule has 1 atom stereocenters. The van der Waals surface area contributed by atoms with Gasteiger partial charge in [0.2, 0.25) is 5.88 Å². The molecule has 0 aliphatic rings. The van der Waals surface area contributed by atoms with Crippen molar-refractivity contribution in [1.82, 2.24) is 5.16 Å². The summed E-state index contributed by atoms with van der Waals surface area (Å²) in [5.74, 6) is -0.0752. The van der Waals surface area contributed by atoms with Crippen LogP contribution in [0, 0.1) is 13.8 Å². The summed E-state index contributed by atoms with van der Waals surface area (Å²) >= 11 is 0. The maximum atomic E-state index is 12.0. The largest absolute Gasteiger partial charge is 0.496 e. The number of esters is 1. The van der Waals surface area contributed by atoms with Gasteiger partial charge in [0, 0.05) is 6.07 Å². The fraction of sp³-hybridized carbons (Fsp3) is 0.353. The summed E-state index contributed by atoms with van der Waals surface area (Å²) < 4.78 is 15.3. The zero-order chi connectivity index (χ0) is 17.7. The lowest BCUT2D eigenvalue weighted by Gasteiger charge is -2.13. The first-order chi connectivity index (χ1) is 11.4. The molecule has 0 unspecified atom stereocenters. The van der Waals surface area contributed by atoms with E-state index in [9.17, 15) is 9.59 Å². The maximum Gasteiger partial charge on any atom is 0.311 e. The van der Waals surface area contributed by atoms with E-state index in [0.717, 1.165) is 11.1 Å². The number of rotatable bonds is 6. The smallest absolute Gasteiger partial charge is 0.311 e. The number of aromatic nitrogens is 1. The van der Waals surface area contributed by atoms with Crippen molar-refractivity contribution in [3.63, 3.8) is 0 Å². The van der Waals surface area contributed by atoms with E-state index in [1.54, 1.807) is 26.2 Å². The first-order valence-corrected chi connectivity index (χ1v) is 7.46. The average molecular weight is 332 g/mol. The van der Waals surface area contributed by atoms with Gasteiger partial charge in [-0.05, 0) is 38.0 Å². The second-order valence-corrected chi connectivity index (χ2v) is 5.43. The topological polar surface area (TPSA) is 90.7 Å². The molecule has 1 aromatic carbocycles. The van der Waals surface area contributed by atoms with Crippen molar-refractivity contribution in [1.29, 1.82) is 0 Å². The van der Waals surface area contributed by atoms with Crippen LogP contribution in [0.4, 0.5) is 5.88 Å². The van der Waals surface area contributed by atoms with Crippen LogP contribution in [0.1, 0.15) is 23.7 Å². The van der Waals surface area contributed by atoms with Gasteiger partial charge in [0.05, 0.1) is 19.2 Å². The summed E-state index contributed by atoms with van der Waals surface area (Å²) in [6.07, 6.45) is -0.898. The van der Waals surface area contributed by atoms with Crippen molar-refractivity contribution >= 4 is 17.8 Å². The molecule has 2 aromatic rings. The number of methoxy groups -OCH3 is 1. The number of carbonyl (C=O) groups is 2. The van der Waals surface area contributed by atoms with E-state index in [-0.39, 0.29) is 12.3 Å². The Balaban J connectivity index is 1.90. The molecule has 0 saturated carbocycles. The number of ether oxygens (including phenoxy) is 2. The fourth-order valence-corrected chi connectivity index (χ4v) is 2.08. The normalized spacial score (nSPS) is 11.7. The Morgan fingerprint density at radius 2 is 2.04 bits per heavy atom. The van der Waals surface area contributed by atoms with Gasteiger partial charge in [-0.1, -0.05) is 17.3 Å². The predicted molar refractivity (Wildman–Crippen MR) is 86.9 cm³/mol. The SMILES string of the molecule is COc1cc(CC(=O)O[C@@H](C)C(=O)Nc2cc(C)no2)ccc1C. The number of nitrogens with zero attached hydrogens (tertiary/aromatic N) is 1. The van der Waals surface area contributed by atoms with E-state index in [0.29, 0.717) is 11.4 Å². The molecule has 2 rings (SSSR count). The summed E-state index contributed by atoms with van der Waals surface area (Å²) in [5.41, 5.74) is 2.37. The molecule has 0 saturated heterocycles. The number of benzene rings is 1. The Labute approximate surface area is 139 Å². The molecule has 1 N–H and O–H groups in total. The first kappa shape index (κ1) is 17.5.